The van der Waals surface area contributed by atoms with E-state index < -0.39 is 0 Å². The van der Waals surface area contributed by atoms with E-state index in [2.05, 4.69) is 10.6 Å². The first-order valence-electron chi connectivity index (χ1n) is 9.17. The molecule has 0 aliphatic carbocycles. The number of rotatable bonds is 4. The fourth-order valence-corrected chi connectivity index (χ4v) is 4.19. The highest BCUT2D eigenvalue weighted by Crippen LogP contribution is 2.33. The van der Waals surface area contributed by atoms with Crippen LogP contribution in [0.2, 0.25) is 0 Å². The third kappa shape index (κ3) is 3.66. The maximum Gasteiger partial charge on any atom is 0.220 e. The van der Waals surface area contributed by atoms with E-state index in [0.717, 1.165) is 36.3 Å². The molecule has 4 rings (SSSR count). The Morgan fingerprint density at radius 3 is 2.67 bits per heavy atom. The van der Waals surface area contributed by atoms with E-state index in [1.54, 1.807) is 0 Å². The first-order valence-corrected chi connectivity index (χ1v) is 9.17. The summed E-state index contributed by atoms with van der Waals surface area (Å²) in [5.41, 5.74) is 1.05. The third-order valence-electron chi connectivity index (χ3n) is 5.35. The van der Waals surface area contributed by atoms with Crippen LogP contribution in [0.1, 0.15) is 44.1 Å². The van der Waals surface area contributed by atoms with Crippen molar-refractivity contribution in [3.63, 3.8) is 0 Å². The van der Waals surface area contributed by atoms with Gasteiger partial charge in [0, 0.05) is 31.5 Å². The van der Waals surface area contributed by atoms with Crippen molar-refractivity contribution >= 4 is 5.91 Å². The summed E-state index contributed by atoms with van der Waals surface area (Å²) < 4.78 is 11.3. The maximum absolute atomic E-state index is 12.3. The summed E-state index contributed by atoms with van der Waals surface area (Å²) in [5, 5.41) is 6.69. The molecule has 3 heterocycles. The van der Waals surface area contributed by atoms with Crippen molar-refractivity contribution in [3.8, 4) is 11.5 Å². The fourth-order valence-electron chi connectivity index (χ4n) is 4.19. The van der Waals surface area contributed by atoms with Crippen molar-refractivity contribution < 1.29 is 14.3 Å². The zero-order valence-corrected chi connectivity index (χ0v) is 14.1. The molecule has 2 N–H and O–H groups in total. The van der Waals surface area contributed by atoms with Crippen molar-refractivity contribution in [2.75, 3.05) is 13.2 Å². The van der Waals surface area contributed by atoms with Gasteiger partial charge in [0.25, 0.3) is 0 Å². The predicted molar refractivity (Wildman–Crippen MR) is 91.2 cm³/mol. The molecule has 5 heteroatoms. The Morgan fingerprint density at radius 2 is 1.88 bits per heavy atom. The number of carbonyl (C=O) groups is 1. The lowest BCUT2D eigenvalue weighted by Crippen LogP contribution is -2.39. The van der Waals surface area contributed by atoms with Crippen LogP contribution in [0.5, 0.6) is 11.5 Å². The molecule has 1 aromatic carbocycles. The summed E-state index contributed by atoms with van der Waals surface area (Å²) in [4.78, 5) is 12.3. The van der Waals surface area contributed by atoms with E-state index in [4.69, 9.17) is 9.47 Å². The van der Waals surface area contributed by atoms with Crippen molar-refractivity contribution in [2.24, 2.45) is 5.92 Å². The normalized spacial score (nSPS) is 28.2. The van der Waals surface area contributed by atoms with E-state index >= 15 is 0 Å². The van der Waals surface area contributed by atoms with E-state index in [1.807, 2.05) is 18.2 Å². The molecule has 1 aromatic rings. The SMILES string of the molecule is O=C(CC1CC2CCC(C1)N2)NCc1ccc2c(c1)OCCCO2. The highest BCUT2D eigenvalue weighted by Gasteiger charge is 2.34. The van der Waals surface area contributed by atoms with E-state index in [1.165, 1.54) is 12.8 Å². The van der Waals surface area contributed by atoms with Crippen LogP contribution in [0.4, 0.5) is 0 Å². The molecule has 24 heavy (non-hydrogen) atoms. The Kier molecular flexibility index (Phi) is 4.60. The van der Waals surface area contributed by atoms with Crippen LogP contribution in [0.25, 0.3) is 0 Å². The first-order chi connectivity index (χ1) is 11.8. The van der Waals surface area contributed by atoms with Gasteiger partial charge >= 0.3 is 0 Å². The molecule has 1 amide bonds. The number of hydrogen-bond donors (Lipinski definition) is 2. The molecule has 0 radical (unpaired) electrons. The summed E-state index contributed by atoms with van der Waals surface area (Å²) in [6.45, 7) is 1.93. The highest BCUT2D eigenvalue weighted by molar-refractivity contribution is 5.76. The largest absolute Gasteiger partial charge is 0.490 e. The number of hydrogen-bond acceptors (Lipinski definition) is 4. The van der Waals surface area contributed by atoms with Crippen molar-refractivity contribution in [1.82, 2.24) is 10.6 Å². The molecule has 3 aliphatic rings. The Labute approximate surface area is 143 Å². The summed E-state index contributed by atoms with van der Waals surface area (Å²) >= 11 is 0. The van der Waals surface area contributed by atoms with Crippen molar-refractivity contribution in [3.05, 3.63) is 23.8 Å². The molecule has 2 atom stereocenters. The minimum atomic E-state index is 0.161. The van der Waals surface area contributed by atoms with Gasteiger partial charge in [0.05, 0.1) is 13.2 Å². The van der Waals surface area contributed by atoms with Gasteiger partial charge in [0.15, 0.2) is 11.5 Å². The lowest BCUT2D eigenvalue weighted by Gasteiger charge is -2.28. The number of benzene rings is 1. The monoisotopic (exact) mass is 330 g/mol. The molecule has 130 valence electrons. The Balaban J connectivity index is 1.28. The average molecular weight is 330 g/mol. The molecule has 3 aliphatic heterocycles. The maximum atomic E-state index is 12.3. The second-order valence-electron chi connectivity index (χ2n) is 7.29. The number of ether oxygens (including phenoxy) is 2. The van der Waals surface area contributed by atoms with Crippen molar-refractivity contribution in [1.29, 1.82) is 0 Å². The van der Waals surface area contributed by atoms with Gasteiger partial charge in [-0.05, 0) is 49.3 Å². The quantitative estimate of drug-likeness (QED) is 0.890. The lowest BCUT2D eigenvalue weighted by atomic mass is 9.89. The Bertz CT molecular complexity index is 592. The van der Waals surface area contributed by atoms with Gasteiger partial charge in [-0.15, -0.1) is 0 Å². The molecule has 0 aromatic heterocycles. The van der Waals surface area contributed by atoms with Crippen LogP contribution in [0, 0.1) is 5.92 Å². The Hall–Kier alpha value is -1.75. The third-order valence-corrected chi connectivity index (χ3v) is 5.35. The van der Waals surface area contributed by atoms with Crippen molar-refractivity contribution in [2.45, 2.75) is 57.2 Å². The van der Waals surface area contributed by atoms with Gasteiger partial charge in [0.2, 0.25) is 5.91 Å². The number of amides is 1. The molecule has 2 saturated heterocycles. The molecular formula is C19H26N2O3. The number of nitrogens with one attached hydrogen (secondary N) is 2. The zero-order chi connectivity index (χ0) is 16.4. The van der Waals surface area contributed by atoms with Crippen LogP contribution in [0.3, 0.4) is 0 Å². The van der Waals surface area contributed by atoms with E-state index in [0.29, 0.717) is 44.2 Å². The van der Waals surface area contributed by atoms with Gasteiger partial charge in [-0.1, -0.05) is 6.07 Å². The Morgan fingerprint density at radius 1 is 1.12 bits per heavy atom. The molecule has 0 spiro atoms. The second-order valence-corrected chi connectivity index (χ2v) is 7.29. The molecule has 5 nitrogen and oxygen atoms in total. The number of carbonyl (C=O) groups excluding carboxylic acids is 1. The minimum absolute atomic E-state index is 0.161. The first kappa shape index (κ1) is 15.8. The lowest BCUT2D eigenvalue weighted by molar-refractivity contribution is -0.122. The van der Waals surface area contributed by atoms with Gasteiger partial charge in [-0.3, -0.25) is 4.79 Å². The fraction of sp³-hybridized carbons (Fsp3) is 0.632. The second kappa shape index (κ2) is 7.01. The summed E-state index contributed by atoms with van der Waals surface area (Å²) in [6, 6.07) is 7.20. The van der Waals surface area contributed by atoms with Crippen LogP contribution in [0.15, 0.2) is 18.2 Å². The van der Waals surface area contributed by atoms with Crippen LogP contribution >= 0.6 is 0 Å². The number of fused-ring (bicyclic) bond motifs is 3. The molecule has 0 saturated carbocycles. The van der Waals surface area contributed by atoms with Gasteiger partial charge < -0.3 is 20.1 Å². The minimum Gasteiger partial charge on any atom is -0.490 e. The molecule has 2 bridgehead atoms. The molecule has 2 fully saturated rings. The van der Waals surface area contributed by atoms with E-state index in [-0.39, 0.29) is 5.91 Å². The standard InChI is InChI=1S/C19H26N2O3/c22-19(11-14-8-15-3-4-16(9-14)21-15)20-12-13-2-5-17-18(10-13)24-7-1-6-23-17/h2,5,10,14-16,21H,1,3-4,6-9,11-12H2,(H,20,22). The van der Waals surface area contributed by atoms with Gasteiger partial charge in [-0.25, -0.2) is 0 Å². The summed E-state index contributed by atoms with van der Waals surface area (Å²) in [7, 11) is 0. The zero-order valence-electron chi connectivity index (χ0n) is 14.1. The average Bonchev–Trinajstić information content (AvgIpc) is 2.79. The topological polar surface area (TPSA) is 59.6 Å². The predicted octanol–water partition coefficient (Wildman–Crippen LogP) is 2.38. The smallest absolute Gasteiger partial charge is 0.220 e. The molecular weight excluding hydrogens is 304 g/mol. The molecule has 2 unspecified atom stereocenters. The highest BCUT2D eigenvalue weighted by atomic mass is 16.5. The number of piperidine rings is 1. The van der Waals surface area contributed by atoms with E-state index in [9.17, 15) is 4.79 Å². The van der Waals surface area contributed by atoms with Crippen LogP contribution in [-0.4, -0.2) is 31.2 Å². The van der Waals surface area contributed by atoms with Crippen LogP contribution in [-0.2, 0) is 11.3 Å². The van der Waals surface area contributed by atoms with Gasteiger partial charge in [-0.2, -0.15) is 0 Å². The van der Waals surface area contributed by atoms with Gasteiger partial charge in [0.1, 0.15) is 0 Å². The van der Waals surface area contributed by atoms with Crippen LogP contribution < -0.4 is 20.1 Å². The summed E-state index contributed by atoms with van der Waals surface area (Å²) in [5.74, 6) is 2.28. The summed E-state index contributed by atoms with van der Waals surface area (Å²) in [6.07, 6.45) is 6.40.